The van der Waals surface area contributed by atoms with Crippen molar-refractivity contribution in [3.8, 4) is 0 Å². The quantitative estimate of drug-likeness (QED) is 0.156. The lowest BCUT2D eigenvalue weighted by Gasteiger charge is -2.34. The van der Waals surface area contributed by atoms with Crippen molar-refractivity contribution >= 4 is 59.4 Å². The zero-order chi connectivity index (χ0) is 32.6. The molecule has 0 fully saturated rings. The van der Waals surface area contributed by atoms with Crippen LogP contribution in [0.5, 0.6) is 0 Å². The summed E-state index contributed by atoms with van der Waals surface area (Å²) in [4.78, 5) is 30.0. The maximum absolute atomic E-state index is 14.5. The van der Waals surface area contributed by atoms with Crippen LogP contribution in [0.15, 0.2) is 117 Å². The summed E-state index contributed by atoms with van der Waals surface area (Å²) < 4.78 is 30.9. The molecule has 1 N–H and O–H groups in total. The van der Waals surface area contributed by atoms with Gasteiger partial charge in [0, 0.05) is 28.0 Å². The van der Waals surface area contributed by atoms with E-state index >= 15 is 0 Å². The Hall–Kier alpha value is -3.47. The summed E-state index contributed by atoms with van der Waals surface area (Å²) in [6.07, 6.45) is 0.972. The van der Waals surface area contributed by atoms with E-state index in [2.05, 4.69) is 37.2 Å². The molecule has 7 nitrogen and oxygen atoms in total. The van der Waals surface area contributed by atoms with Crippen molar-refractivity contribution in [1.29, 1.82) is 0 Å². The number of hydrogen-bond acceptors (Lipinski definition) is 4. The van der Waals surface area contributed by atoms with Crippen molar-refractivity contribution in [2.45, 2.75) is 57.1 Å². The second kappa shape index (κ2) is 15.7. The molecule has 236 valence electrons. The van der Waals surface area contributed by atoms with Crippen LogP contribution < -0.4 is 9.62 Å². The van der Waals surface area contributed by atoms with E-state index < -0.39 is 28.5 Å². The number of nitrogens with zero attached hydrogens (tertiary/aromatic N) is 2. The SMILES string of the molecule is CCC(C)NC(=O)C(Cc1ccccc1)N(Cc1cccc(Br)c1)C(=O)CN(c1cccc(Br)c1)S(=O)(=O)c1ccc(C)cc1. The van der Waals surface area contributed by atoms with Gasteiger partial charge in [-0.2, -0.15) is 0 Å². The minimum Gasteiger partial charge on any atom is -0.352 e. The molecule has 0 aliphatic rings. The van der Waals surface area contributed by atoms with Crippen LogP contribution in [-0.2, 0) is 32.6 Å². The second-order valence-corrected chi connectivity index (χ2v) is 14.7. The first-order chi connectivity index (χ1) is 21.5. The first kappa shape index (κ1) is 34.4. The van der Waals surface area contributed by atoms with Crippen molar-refractivity contribution in [3.05, 3.63) is 129 Å². The molecular formula is C35H37Br2N3O4S. The molecule has 2 atom stereocenters. The van der Waals surface area contributed by atoms with E-state index in [-0.39, 0.29) is 29.8 Å². The maximum atomic E-state index is 14.5. The number of aryl methyl sites for hydroxylation is 1. The van der Waals surface area contributed by atoms with Crippen LogP contribution in [0.4, 0.5) is 5.69 Å². The highest BCUT2D eigenvalue weighted by molar-refractivity contribution is 9.10. The van der Waals surface area contributed by atoms with Gasteiger partial charge in [-0.05, 0) is 73.9 Å². The molecule has 0 saturated heterocycles. The molecular weight excluding hydrogens is 718 g/mol. The van der Waals surface area contributed by atoms with E-state index in [1.165, 1.54) is 17.0 Å². The van der Waals surface area contributed by atoms with Gasteiger partial charge in [-0.25, -0.2) is 8.42 Å². The van der Waals surface area contributed by atoms with E-state index in [9.17, 15) is 18.0 Å². The lowest BCUT2D eigenvalue weighted by Crippen LogP contribution is -2.54. The molecule has 0 saturated carbocycles. The molecule has 0 spiro atoms. The van der Waals surface area contributed by atoms with Crippen LogP contribution >= 0.6 is 31.9 Å². The van der Waals surface area contributed by atoms with Gasteiger partial charge in [0.05, 0.1) is 10.6 Å². The fraction of sp³-hybridized carbons (Fsp3) is 0.257. The van der Waals surface area contributed by atoms with Crippen LogP contribution in [0.3, 0.4) is 0 Å². The summed E-state index contributed by atoms with van der Waals surface area (Å²) in [6.45, 7) is 5.36. The first-order valence-electron chi connectivity index (χ1n) is 14.7. The van der Waals surface area contributed by atoms with Crippen LogP contribution in [0, 0.1) is 6.92 Å². The molecule has 0 radical (unpaired) electrons. The van der Waals surface area contributed by atoms with E-state index in [0.717, 1.165) is 31.9 Å². The summed E-state index contributed by atoms with van der Waals surface area (Å²) in [6, 6.07) is 29.4. The van der Waals surface area contributed by atoms with E-state index in [0.29, 0.717) is 10.2 Å². The molecule has 2 unspecified atom stereocenters. The van der Waals surface area contributed by atoms with Gasteiger partial charge in [0.25, 0.3) is 10.0 Å². The smallest absolute Gasteiger partial charge is 0.264 e. The average molecular weight is 756 g/mol. The molecule has 4 aromatic rings. The highest BCUT2D eigenvalue weighted by Gasteiger charge is 2.35. The third kappa shape index (κ3) is 9.28. The number of rotatable bonds is 13. The second-order valence-electron chi connectivity index (χ2n) is 11.0. The molecule has 4 rings (SSSR count). The van der Waals surface area contributed by atoms with Gasteiger partial charge >= 0.3 is 0 Å². The highest BCUT2D eigenvalue weighted by Crippen LogP contribution is 2.28. The van der Waals surface area contributed by atoms with Gasteiger partial charge in [0.15, 0.2) is 0 Å². The molecule has 2 amide bonds. The highest BCUT2D eigenvalue weighted by atomic mass is 79.9. The minimum absolute atomic E-state index is 0.0646. The average Bonchev–Trinajstić information content (AvgIpc) is 3.02. The Morgan fingerprint density at radius 1 is 0.822 bits per heavy atom. The molecule has 0 aromatic heterocycles. The van der Waals surface area contributed by atoms with Gasteiger partial charge in [0.2, 0.25) is 11.8 Å². The van der Waals surface area contributed by atoms with Crippen molar-refractivity contribution in [2.24, 2.45) is 0 Å². The fourth-order valence-corrected chi connectivity index (χ4v) is 7.06. The Bertz CT molecular complexity index is 1720. The molecule has 4 aromatic carbocycles. The van der Waals surface area contributed by atoms with E-state index in [4.69, 9.17) is 0 Å². The Morgan fingerprint density at radius 3 is 2.07 bits per heavy atom. The van der Waals surface area contributed by atoms with Crippen LogP contribution in [0.1, 0.15) is 37.0 Å². The summed E-state index contributed by atoms with van der Waals surface area (Å²) >= 11 is 6.95. The Labute approximate surface area is 283 Å². The number of nitrogens with one attached hydrogen (secondary N) is 1. The number of halogens is 2. The van der Waals surface area contributed by atoms with Crippen LogP contribution in [0.25, 0.3) is 0 Å². The van der Waals surface area contributed by atoms with Gasteiger partial charge in [0.1, 0.15) is 12.6 Å². The molecule has 0 aliphatic heterocycles. The van der Waals surface area contributed by atoms with Gasteiger partial charge in [-0.15, -0.1) is 0 Å². The first-order valence-corrected chi connectivity index (χ1v) is 17.7. The number of sulfonamides is 1. The van der Waals surface area contributed by atoms with Gasteiger partial charge < -0.3 is 10.2 Å². The number of carbonyl (C=O) groups is 2. The summed E-state index contributed by atoms with van der Waals surface area (Å²) in [5.74, 6) is -0.808. The summed E-state index contributed by atoms with van der Waals surface area (Å²) in [7, 11) is -4.17. The number of benzene rings is 4. The molecule has 0 heterocycles. The Morgan fingerprint density at radius 2 is 1.44 bits per heavy atom. The van der Waals surface area contributed by atoms with Crippen molar-refractivity contribution in [2.75, 3.05) is 10.8 Å². The Balaban J connectivity index is 1.81. The number of hydrogen-bond donors (Lipinski definition) is 1. The number of anilines is 1. The zero-order valence-corrected chi connectivity index (χ0v) is 29.5. The Kier molecular flexibility index (Phi) is 12.0. The van der Waals surface area contributed by atoms with E-state index in [1.807, 2.05) is 75.4 Å². The van der Waals surface area contributed by atoms with Gasteiger partial charge in [-0.3, -0.25) is 13.9 Å². The zero-order valence-electron chi connectivity index (χ0n) is 25.5. The van der Waals surface area contributed by atoms with Gasteiger partial charge in [-0.1, -0.05) is 105 Å². The number of amides is 2. The molecule has 45 heavy (non-hydrogen) atoms. The third-order valence-corrected chi connectivity index (χ3v) is 10.3. The predicted molar refractivity (Wildman–Crippen MR) is 186 cm³/mol. The largest absolute Gasteiger partial charge is 0.352 e. The topological polar surface area (TPSA) is 86.8 Å². The normalized spacial score (nSPS) is 12.6. The maximum Gasteiger partial charge on any atom is 0.264 e. The molecule has 0 aliphatic carbocycles. The lowest BCUT2D eigenvalue weighted by atomic mass is 10.0. The standard InChI is InChI=1S/C35H37Br2N3O4S/c1-4-26(3)38-35(42)33(21-27-10-6-5-7-11-27)39(23-28-12-8-13-29(36)20-28)34(41)24-40(31-15-9-14-30(37)22-31)45(43,44)32-18-16-25(2)17-19-32/h5-20,22,26,33H,4,21,23-24H2,1-3H3,(H,38,42). The van der Waals surface area contributed by atoms with Crippen molar-refractivity contribution in [3.63, 3.8) is 0 Å². The van der Waals surface area contributed by atoms with E-state index in [1.54, 1.807) is 36.4 Å². The number of carbonyl (C=O) groups excluding carboxylic acids is 2. The fourth-order valence-electron chi connectivity index (χ4n) is 4.82. The van der Waals surface area contributed by atoms with Crippen LogP contribution in [0.2, 0.25) is 0 Å². The minimum atomic E-state index is -4.17. The molecule has 0 bridgehead atoms. The third-order valence-electron chi connectivity index (χ3n) is 7.50. The molecule has 10 heteroatoms. The summed E-state index contributed by atoms with van der Waals surface area (Å²) in [5, 5.41) is 3.06. The lowest BCUT2D eigenvalue weighted by molar-refractivity contribution is -0.140. The van der Waals surface area contributed by atoms with Crippen molar-refractivity contribution < 1.29 is 18.0 Å². The predicted octanol–water partition coefficient (Wildman–Crippen LogP) is 7.27. The monoisotopic (exact) mass is 753 g/mol. The van der Waals surface area contributed by atoms with Crippen molar-refractivity contribution in [1.82, 2.24) is 10.2 Å². The summed E-state index contributed by atoms with van der Waals surface area (Å²) in [5.41, 5.74) is 2.91. The van der Waals surface area contributed by atoms with Crippen LogP contribution in [-0.4, -0.2) is 43.8 Å².